The van der Waals surface area contributed by atoms with Crippen molar-refractivity contribution in [2.75, 3.05) is 39.6 Å². The van der Waals surface area contributed by atoms with Gasteiger partial charge in [-0.25, -0.2) is 9.13 Å². The van der Waals surface area contributed by atoms with Gasteiger partial charge in [0.2, 0.25) is 0 Å². The third-order valence-corrected chi connectivity index (χ3v) is 18.8. The first-order valence-electron chi connectivity index (χ1n) is 37.8. The summed E-state index contributed by atoms with van der Waals surface area (Å²) in [5.41, 5.74) is 0. The number of hydrogen-bond acceptors (Lipinski definition) is 15. The molecule has 5 atom stereocenters. The van der Waals surface area contributed by atoms with Crippen LogP contribution in [-0.4, -0.2) is 96.7 Å². The highest BCUT2D eigenvalue weighted by Crippen LogP contribution is 2.45. The lowest BCUT2D eigenvalue weighted by Crippen LogP contribution is -2.30. The van der Waals surface area contributed by atoms with Crippen LogP contribution < -0.4 is 0 Å². The fraction of sp³-hybridized carbons (Fsp3) is 0.945. The van der Waals surface area contributed by atoms with Crippen molar-refractivity contribution in [1.82, 2.24) is 0 Å². The second-order valence-electron chi connectivity index (χ2n) is 27.8. The van der Waals surface area contributed by atoms with Gasteiger partial charge in [0.25, 0.3) is 0 Å². The first-order chi connectivity index (χ1) is 44.2. The lowest BCUT2D eigenvalue weighted by Gasteiger charge is -2.21. The van der Waals surface area contributed by atoms with Gasteiger partial charge in [-0.05, 0) is 43.4 Å². The van der Waals surface area contributed by atoms with Crippen molar-refractivity contribution >= 4 is 39.5 Å². The van der Waals surface area contributed by atoms with Crippen molar-refractivity contribution in [2.45, 2.75) is 388 Å². The Morgan fingerprint density at radius 3 is 0.739 bits per heavy atom. The van der Waals surface area contributed by atoms with Crippen LogP contribution in [0, 0.1) is 17.8 Å². The van der Waals surface area contributed by atoms with Crippen LogP contribution >= 0.6 is 15.6 Å². The maximum absolute atomic E-state index is 13.0. The van der Waals surface area contributed by atoms with Crippen LogP contribution in [0.3, 0.4) is 0 Å². The molecule has 0 heterocycles. The van der Waals surface area contributed by atoms with Gasteiger partial charge >= 0.3 is 39.5 Å². The van der Waals surface area contributed by atoms with E-state index in [1.807, 2.05) is 0 Å². The fourth-order valence-electron chi connectivity index (χ4n) is 11.1. The molecule has 0 bridgehead atoms. The van der Waals surface area contributed by atoms with Crippen molar-refractivity contribution in [2.24, 2.45) is 17.8 Å². The molecular weight excluding hydrogens is 1210 g/mol. The zero-order chi connectivity index (χ0) is 68.0. The van der Waals surface area contributed by atoms with Crippen molar-refractivity contribution in [3.63, 3.8) is 0 Å². The average Bonchev–Trinajstić information content (AvgIpc) is 2.89. The minimum Gasteiger partial charge on any atom is -0.462 e. The van der Waals surface area contributed by atoms with Crippen LogP contribution in [0.25, 0.3) is 0 Å². The number of ether oxygens (including phenoxy) is 4. The van der Waals surface area contributed by atoms with E-state index < -0.39 is 97.5 Å². The first kappa shape index (κ1) is 90.1. The number of esters is 4. The van der Waals surface area contributed by atoms with Crippen LogP contribution in [0.4, 0.5) is 0 Å². The molecular formula is C73H142O17P2. The Morgan fingerprint density at radius 2 is 0.500 bits per heavy atom. The highest BCUT2D eigenvalue weighted by molar-refractivity contribution is 7.47. The van der Waals surface area contributed by atoms with Gasteiger partial charge in [-0.1, -0.05) is 318 Å². The van der Waals surface area contributed by atoms with Crippen molar-refractivity contribution in [3.8, 4) is 0 Å². The summed E-state index contributed by atoms with van der Waals surface area (Å²) in [6.45, 7) is 11.9. The Labute approximate surface area is 562 Å². The van der Waals surface area contributed by atoms with E-state index in [1.54, 1.807) is 0 Å². The number of phosphoric ester groups is 2. The maximum Gasteiger partial charge on any atom is 0.472 e. The molecule has 0 aromatic carbocycles. The van der Waals surface area contributed by atoms with E-state index in [1.165, 1.54) is 180 Å². The Morgan fingerprint density at radius 1 is 0.293 bits per heavy atom. The Bertz CT molecular complexity index is 1800. The quantitative estimate of drug-likeness (QED) is 0.0222. The molecule has 0 aliphatic carbocycles. The lowest BCUT2D eigenvalue weighted by atomic mass is 10.0. The van der Waals surface area contributed by atoms with Crippen LogP contribution in [-0.2, 0) is 65.4 Å². The molecule has 0 aliphatic rings. The molecule has 3 N–H and O–H groups in total. The molecule has 0 spiro atoms. The summed E-state index contributed by atoms with van der Waals surface area (Å²) in [5.74, 6) is 0.155. The largest absolute Gasteiger partial charge is 0.472 e. The van der Waals surface area contributed by atoms with Gasteiger partial charge in [0.05, 0.1) is 26.4 Å². The smallest absolute Gasteiger partial charge is 0.462 e. The van der Waals surface area contributed by atoms with E-state index in [0.29, 0.717) is 25.7 Å². The standard InChI is InChI=1S/C73H142O17P2/c1-8-9-10-11-12-13-14-17-26-33-40-47-54-70(75)83-60-69(90-73(78)57-50-43-36-29-22-20-25-32-39-46-53-66(6)7)63-88-92(81,82)86-59-67(74)58-85-91(79,80)87-62-68(61-84-71(76)55-48-41-34-27-21-19-24-31-38-45-52-65(4)5)89-72(77)56-49-42-35-28-18-15-16-23-30-37-44-51-64(2)3/h64-69,74H,8-63H2,1-7H3,(H,79,80)(H,81,82)/t67-,68-,69-/m1/s1. The van der Waals surface area contributed by atoms with E-state index >= 15 is 0 Å². The molecule has 0 radical (unpaired) electrons. The molecule has 92 heavy (non-hydrogen) atoms. The van der Waals surface area contributed by atoms with Crippen LogP contribution in [0.15, 0.2) is 0 Å². The SMILES string of the molecule is CCCCCCCCCCCCCCC(=O)OC[C@H](COP(=O)(O)OC[C@H](O)COP(=O)(O)OC[C@@H](COC(=O)CCCCCCCCCCCCC(C)C)OC(=O)CCCCCCCCCCCCCC(C)C)OC(=O)CCCCCCCCCCCCC(C)C. The number of phosphoric acid groups is 2. The topological polar surface area (TPSA) is 237 Å². The number of carbonyl (C=O) groups excluding carboxylic acids is 4. The highest BCUT2D eigenvalue weighted by atomic mass is 31.2. The summed E-state index contributed by atoms with van der Waals surface area (Å²) < 4.78 is 68.4. The molecule has 19 heteroatoms. The molecule has 0 saturated heterocycles. The van der Waals surface area contributed by atoms with Gasteiger partial charge in [0.15, 0.2) is 12.2 Å². The lowest BCUT2D eigenvalue weighted by molar-refractivity contribution is -0.161. The predicted molar refractivity (Wildman–Crippen MR) is 372 cm³/mol. The molecule has 2 unspecified atom stereocenters. The van der Waals surface area contributed by atoms with Crippen LogP contribution in [0.5, 0.6) is 0 Å². The monoisotopic (exact) mass is 1350 g/mol. The molecule has 17 nitrogen and oxygen atoms in total. The second-order valence-corrected chi connectivity index (χ2v) is 30.7. The Kier molecular flexibility index (Phi) is 62.4. The molecule has 0 aliphatic heterocycles. The van der Waals surface area contributed by atoms with E-state index in [-0.39, 0.29) is 25.7 Å². The van der Waals surface area contributed by atoms with Gasteiger partial charge < -0.3 is 33.8 Å². The van der Waals surface area contributed by atoms with Gasteiger partial charge in [0, 0.05) is 25.7 Å². The van der Waals surface area contributed by atoms with E-state index in [0.717, 1.165) is 108 Å². The third kappa shape index (κ3) is 66.7. The van der Waals surface area contributed by atoms with E-state index in [2.05, 4.69) is 48.5 Å². The molecule has 0 amide bonds. The Hall–Kier alpha value is -1.94. The molecule has 0 saturated carbocycles. The predicted octanol–water partition coefficient (Wildman–Crippen LogP) is 21.0. The fourth-order valence-corrected chi connectivity index (χ4v) is 12.7. The maximum atomic E-state index is 13.0. The van der Waals surface area contributed by atoms with Crippen LogP contribution in [0.2, 0.25) is 0 Å². The summed E-state index contributed by atoms with van der Waals surface area (Å²) in [7, 11) is -9.91. The van der Waals surface area contributed by atoms with Crippen molar-refractivity contribution in [1.29, 1.82) is 0 Å². The summed E-state index contributed by atoms with van der Waals surface area (Å²) in [6.07, 6.45) is 48.4. The zero-order valence-electron chi connectivity index (χ0n) is 60.0. The van der Waals surface area contributed by atoms with Crippen molar-refractivity contribution in [3.05, 3.63) is 0 Å². The van der Waals surface area contributed by atoms with Gasteiger partial charge in [-0.2, -0.15) is 0 Å². The van der Waals surface area contributed by atoms with Gasteiger partial charge in [0.1, 0.15) is 19.3 Å². The third-order valence-electron chi connectivity index (χ3n) is 16.9. The number of aliphatic hydroxyl groups is 1. The first-order valence-corrected chi connectivity index (χ1v) is 40.8. The minimum atomic E-state index is -4.95. The average molecular weight is 1350 g/mol. The van der Waals surface area contributed by atoms with E-state index in [9.17, 15) is 43.2 Å². The van der Waals surface area contributed by atoms with Crippen molar-refractivity contribution < 1.29 is 80.2 Å². The Balaban J connectivity index is 5.27. The summed E-state index contributed by atoms with van der Waals surface area (Å²) >= 11 is 0. The normalized spacial score (nSPS) is 14.1. The minimum absolute atomic E-state index is 0.106. The van der Waals surface area contributed by atoms with Gasteiger partial charge in [-0.15, -0.1) is 0 Å². The number of rotatable bonds is 71. The molecule has 0 fully saturated rings. The molecule has 0 aromatic heterocycles. The summed E-state index contributed by atoms with van der Waals surface area (Å²) in [5, 5.41) is 10.6. The second kappa shape index (κ2) is 63.8. The summed E-state index contributed by atoms with van der Waals surface area (Å²) in [4.78, 5) is 72.7. The number of unbranched alkanes of at least 4 members (excludes halogenated alkanes) is 39. The van der Waals surface area contributed by atoms with Gasteiger partial charge in [-0.3, -0.25) is 37.3 Å². The molecule has 546 valence electrons. The molecule has 0 rings (SSSR count). The number of aliphatic hydroxyl groups excluding tert-OH is 1. The van der Waals surface area contributed by atoms with E-state index in [4.69, 9.17) is 37.0 Å². The summed E-state index contributed by atoms with van der Waals surface area (Å²) in [6, 6.07) is 0. The zero-order valence-corrected chi connectivity index (χ0v) is 61.8. The highest BCUT2D eigenvalue weighted by Gasteiger charge is 2.30. The number of hydrogen-bond donors (Lipinski definition) is 3. The molecule has 0 aromatic rings. The van der Waals surface area contributed by atoms with Crippen LogP contribution in [0.1, 0.15) is 370 Å². The number of carbonyl (C=O) groups is 4.